The summed E-state index contributed by atoms with van der Waals surface area (Å²) in [4.78, 5) is 23.8. The van der Waals surface area contributed by atoms with Gasteiger partial charge in [0.1, 0.15) is 22.9 Å². The Balaban J connectivity index is 2.05. The van der Waals surface area contributed by atoms with Gasteiger partial charge < -0.3 is 15.4 Å². The Bertz CT molecular complexity index is 788. The van der Waals surface area contributed by atoms with E-state index in [1.807, 2.05) is 0 Å². The third-order valence-electron chi connectivity index (χ3n) is 3.20. The van der Waals surface area contributed by atoms with E-state index in [-0.39, 0.29) is 16.6 Å². The van der Waals surface area contributed by atoms with Crippen molar-refractivity contribution in [1.82, 2.24) is 20.3 Å². The maximum Gasteiger partial charge on any atom is 0.422 e. The highest BCUT2D eigenvalue weighted by atomic mass is 35.5. The molecule has 0 aromatic carbocycles. The average Bonchev–Trinajstić information content (AvgIpc) is 2.59. The number of carbonyl (C=O) groups is 1. The molecule has 1 atom stereocenters. The van der Waals surface area contributed by atoms with Crippen LogP contribution in [0, 0.1) is 0 Å². The molecule has 0 saturated heterocycles. The zero-order chi connectivity index (χ0) is 19.3. The number of anilines is 1. The van der Waals surface area contributed by atoms with Gasteiger partial charge in [-0.05, 0) is 18.6 Å². The number of carbonyl (C=O) groups excluding carboxylic acids is 1. The number of halogens is 4. The van der Waals surface area contributed by atoms with Crippen LogP contribution in [0.2, 0.25) is 5.02 Å². The molecule has 0 fully saturated rings. The van der Waals surface area contributed by atoms with Crippen molar-refractivity contribution in [2.75, 3.05) is 19.0 Å². The summed E-state index contributed by atoms with van der Waals surface area (Å²) in [7, 11) is 1.66. The predicted octanol–water partition coefficient (Wildman–Crippen LogP) is 3.00. The maximum atomic E-state index is 12.2. The van der Waals surface area contributed by atoms with E-state index < -0.39 is 24.7 Å². The van der Waals surface area contributed by atoms with Crippen LogP contribution in [0.15, 0.2) is 24.7 Å². The first-order chi connectivity index (χ1) is 12.2. The Morgan fingerprint density at radius 1 is 1.31 bits per heavy atom. The van der Waals surface area contributed by atoms with Crippen LogP contribution in [0.3, 0.4) is 0 Å². The molecule has 0 spiro atoms. The lowest BCUT2D eigenvalue weighted by molar-refractivity contribution is -0.154. The number of alkyl halides is 3. The number of pyridine rings is 1. The van der Waals surface area contributed by atoms with Gasteiger partial charge in [0.2, 0.25) is 5.88 Å². The van der Waals surface area contributed by atoms with E-state index in [9.17, 15) is 18.0 Å². The molecule has 2 aromatic heterocycles. The highest BCUT2D eigenvalue weighted by Crippen LogP contribution is 2.27. The van der Waals surface area contributed by atoms with Crippen molar-refractivity contribution >= 4 is 23.3 Å². The van der Waals surface area contributed by atoms with Crippen LogP contribution in [0.1, 0.15) is 29.0 Å². The Labute approximate surface area is 152 Å². The molecule has 2 heterocycles. The van der Waals surface area contributed by atoms with Crippen molar-refractivity contribution in [1.29, 1.82) is 0 Å². The van der Waals surface area contributed by atoms with Crippen LogP contribution in [0.4, 0.5) is 19.0 Å². The first kappa shape index (κ1) is 19.7. The molecule has 11 heteroatoms. The Hall–Kier alpha value is -2.62. The van der Waals surface area contributed by atoms with Gasteiger partial charge in [-0.1, -0.05) is 11.6 Å². The molecule has 0 aliphatic carbocycles. The minimum atomic E-state index is -4.49. The van der Waals surface area contributed by atoms with Gasteiger partial charge in [0.05, 0.1) is 6.04 Å². The summed E-state index contributed by atoms with van der Waals surface area (Å²) in [6.07, 6.45) is -1.97. The minimum absolute atomic E-state index is 0.0904. The third-order valence-corrected chi connectivity index (χ3v) is 3.48. The van der Waals surface area contributed by atoms with Crippen LogP contribution in [0.5, 0.6) is 5.88 Å². The number of hydrogen-bond donors (Lipinski definition) is 2. The van der Waals surface area contributed by atoms with Crippen LogP contribution in [-0.2, 0) is 0 Å². The minimum Gasteiger partial charge on any atom is -0.467 e. The third kappa shape index (κ3) is 5.45. The molecule has 26 heavy (non-hydrogen) atoms. The number of nitrogens with zero attached hydrogens (tertiary/aromatic N) is 3. The first-order valence-corrected chi connectivity index (χ1v) is 7.73. The van der Waals surface area contributed by atoms with E-state index in [1.54, 1.807) is 14.0 Å². The summed E-state index contributed by atoms with van der Waals surface area (Å²) >= 11 is 5.90. The molecule has 0 saturated carbocycles. The maximum absolute atomic E-state index is 12.2. The highest BCUT2D eigenvalue weighted by molar-refractivity contribution is 6.31. The summed E-state index contributed by atoms with van der Waals surface area (Å²) in [5.74, 6) is -0.306. The molecule has 2 N–H and O–H groups in total. The summed E-state index contributed by atoms with van der Waals surface area (Å²) in [5, 5.41) is 5.39. The molecule has 7 nitrogen and oxygen atoms in total. The van der Waals surface area contributed by atoms with Crippen molar-refractivity contribution in [3.8, 4) is 5.88 Å². The average molecular weight is 390 g/mol. The molecular formula is C15H15ClF3N5O2. The van der Waals surface area contributed by atoms with Gasteiger partial charge in [0.15, 0.2) is 6.61 Å². The molecule has 0 aliphatic heterocycles. The van der Waals surface area contributed by atoms with Crippen LogP contribution >= 0.6 is 11.6 Å². The van der Waals surface area contributed by atoms with Crippen LogP contribution < -0.4 is 15.4 Å². The SMILES string of the molecule is CNc1cc(C(=O)NC(C)c2cnc(OCC(F)(F)F)c(Cl)c2)ncn1. The molecule has 1 amide bonds. The molecule has 0 aliphatic rings. The number of ether oxygens (including phenoxy) is 1. The molecular weight excluding hydrogens is 375 g/mol. The van der Waals surface area contributed by atoms with Crippen molar-refractivity contribution in [3.05, 3.63) is 40.9 Å². The normalized spacial score (nSPS) is 12.4. The van der Waals surface area contributed by atoms with Crippen LogP contribution in [-0.4, -0.2) is 40.7 Å². The van der Waals surface area contributed by atoms with E-state index >= 15 is 0 Å². The summed E-state index contributed by atoms with van der Waals surface area (Å²) in [6.45, 7) is 0.175. The van der Waals surface area contributed by atoms with E-state index in [1.165, 1.54) is 24.7 Å². The molecule has 1 unspecified atom stereocenters. The zero-order valence-corrected chi connectivity index (χ0v) is 14.5. The van der Waals surface area contributed by atoms with E-state index in [4.69, 9.17) is 11.6 Å². The van der Waals surface area contributed by atoms with Gasteiger partial charge in [0.25, 0.3) is 5.91 Å². The summed E-state index contributed by atoms with van der Waals surface area (Å²) < 4.78 is 41.1. The lowest BCUT2D eigenvalue weighted by Crippen LogP contribution is -2.27. The number of hydrogen-bond acceptors (Lipinski definition) is 6. The Morgan fingerprint density at radius 2 is 2.04 bits per heavy atom. The predicted molar refractivity (Wildman–Crippen MR) is 88.3 cm³/mol. The van der Waals surface area contributed by atoms with Gasteiger partial charge in [-0.15, -0.1) is 0 Å². The fourth-order valence-electron chi connectivity index (χ4n) is 1.91. The number of nitrogens with one attached hydrogen (secondary N) is 2. The van der Waals surface area contributed by atoms with E-state index in [0.717, 1.165) is 0 Å². The van der Waals surface area contributed by atoms with Gasteiger partial charge >= 0.3 is 6.18 Å². The summed E-state index contributed by atoms with van der Waals surface area (Å²) in [6, 6.07) is 2.34. The van der Waals surface area contributed by atoms with Gasteiger partial charge in [-0.3, -0.25) is 4.79 Å². The Morgan fingerprint density at radius 3 is 2.65 bits per heavy atom. The first-order valence-electron chi connectivity index (χ1n) is 7.35. The van der Waals surface area contributed by atoms with Crippen molar-refractivity contribution in [2.24, 2.45) is 0 Å². The monoisotopic (exact) mass is 389 g/mol. The van der Waals surface area contributed by atoms with Gasteiger partial charge in [-0.2, -0.15) is 13.2 Å². The highest BCUT2D eigenvalue weighted by Gasteiger charge is 2.29. The van der Waals surface area contributed by atoms with Crippen LogP contribution in [0.25, 0.3) is 0 Å². The van der Waals surface area contributed by atoms with Crippen molar-refractivity contribution in [2.45, 2.75) is 19.1 Å². The molecule has 0 bridgehead atoms. The van der Waals surface area contributed by atoms with Crippen molar-refractivity contribution in [3.63, 3.8) is 0 Å². The van der Waals surface area contributed by atoms with Crippen molar-refractivity contribution < 1.29 is 22.7 Å². The quantitative estimate of drug-likeness (QED) is 0.789. The second-order valence-electron chi connectivity index (χ2n) is 5.19. The number of rotatable bonds is 6. The van der Waals surface area contributed by atoms with E-state index in [2.05, 4.69) is 30.3 Å². The number of aromatic nitrogens is 3. The topological polar surface area (TPSA) is 89.0 Å². The number of amides is 1. The zero-order valence-electron chi connectivity index (χ0n) is 13.8. The molecule has 2 rings (SSSR count). The standard InChI is InChI=1S/C15H15ClF3N5O2/c1-8(24-13(25)11-4-12(20-2)23-7-22-11)9-3-10(16)14(21-5-9)26-6-15(17,18)19/h3-5,7-8H,6H2,1-2H3,(H,24,25)(H,20,22,23). The largest absolute Gasteiger partial charge is 0.467 e. The summed E-state index contributed by atoms with van der Waals surface area (Å²) in [5.41, 5.74) is 0.644. The molecule has 0 radical (unpaired) electrons. The Kier molecular flexibility index (Phi) is 6.19. The van der Waals surface area contributed by atoms with E-state index in [0.29, 0.717) is 11.4 Å². The fourth-order valence-corrected chi connectivity index (χ4v) is 2.13. The smallest absolute Gasteiger partial charge is 0.422 e. The molecule has 2 aromatic rings. The fraction of sp³-hybridized carbons (Fsp3) is 0.333. The lowest BCUT2D eigenvalue weighted by Gasteiger charge is -2.15. The van der Waals surface area contributed by atoms with Gasteiger partial charge in [-0.25, -0.2) is 15.0 Å². The van der Waals surface area contributed by atoms with Gasteiger partial charge in [0, 0.05) is 19.3 Å². The lowest BCUT2D eigenvalue weighted by atomic mass is 10.1. The second kappa shape index (κ2) is 8.17. The molecule has 140 valence electrons. The second-order valence-corrected chi connectivity index (χ2v) is 5.60.